The fourth-order valence-electron chi connectivity index (χ4n) is 0.977. The molecule has 17 heavy (non-hydrogen) atoms. The summed E-state index contributed by atoms with van der Waals surface area (Å²) in [6.45, 7) is 2.42. The first kappa shape index (κ1) is 13.7. The summed E-state index contributed by atoms with van der Waals surface area (Å²) < 4.78 is 35.1. The van der Waals surface area contributed by atoms with E-state index in [0.717, 1.165) is 0 Å². The van der Waals surface area contributed by atoms with E-state index < -0.39 is 10.0 Å². The Balaban J connectivity index is 2.56. The van der Waals surface area contributed by atoms with Crippen LogP contribution in [0.5, 0.6) is 5.75 Å². The molecule has 0 aliphatic carbocycles. The average molecular weight is 261 g/mol. The van der Waals surface area contributed by atoms with E-state index in [0.29, 0.717) is 12.4 Å². The maximum Gasteiger partial charge on any atom is 0.237 e. The SMILES string of the molecule is CCOCCS(=O)(=O)Nc1ncc(OC)cn1. The van der Waals surface area contributed by atoms with Gasteiger partial charge in [-0.05, 0) is 6.92 Å². The number of anilines is 1. The number of aromatic nitrogens is 2. The van der Waals surface area contributed by atoms with Crippen molar-refractivity contribution in [3.05, 3.63) is 12.4 Å². The second kappa shape index (κ2) is 6.36. The molecule has 0 bridgehead atoms. The van der Waals surface area contributed by atoms with Crippen LogP contribution >= 0.6 is 0 Å². The molecule has 0 spiro atoms. The van der Waals surface area contributed by atoms with E-state index in [1.807, 2.05) is 0 Å². The molecule has 1 heterocycles. The zero-order valence-electron chi connectivity index (χ0n) is 9.71. The van der Waals surface area contributed by atoms with E-state index in [9.17, 15) is 8.42 Å². The molecule has 0 fully saturated rings. The van der Waals surface area contributed by atoms with E-state index in [1.165, 1.54) is 19.5 Å². The minimum Gasteiger partial charge on any atom is -0.494 e. The molecule has 0 amide bonds. The zero-order valence-corrected chi connectivity index (χ0v) is 10.5. The molecule has 0 aliphatic rings. The number of hydrogen-bond donors (Lipinski definition) is 1. The summed E-state index contributed by atoms with van der Waals surface area (Å²) in [4.78, 5) is 7.59. The third-order valence-corrected chi connectivity index (χ3v) is 3.01. The monoisotopic (exact) mass is 261 g/mol. The maximum atomic E-state index is 11.5. The first-order chi connectivity index (χ1) is 8.07. The summed E-state index contributed by atoms with van der Waals surface area (Å²) in [5.74, 6) is 0.348. The highest BCUT2D eigenvalue weighted by atomic mass is 32.2. The first-order valence-corrected chi connectivity index (χ1v) is 6.67. The van der Waals surface area contributed by atoms with Crippen LogP contribution < -0.4 is 9.46 Å². The molecule has 0 atom stereocenters. The van der Waals surface area contributed by atoms with Crippen molar-refractivity contribution in [3.8, 4) is 5.75 Å². The van der Waals surface area contributed by atoms with Gasteiger partial charge in [0.1, 0.15) is 0 Å². The summed E-state index contributed by atoms with van der Waals surface area (Å²) in [6.07, 6.45) is 2.76. The number of nitrogens with zero attached hydrogens (tertiary/aromatic N) is 2. The summed E-state index contributed by atoms with van der Waals surface area (Å²) in [5.41, 5.74) is 0. The molecule has 1 rings (SSSR count). The fraction of sp³-hybridized carbons (Fsp3) is 0.556. The molecule has 0 aliphatic heterocycles. The number of sulfonamides is 1. The highest BCUT2D eigenvalue weighted by Gasteiger charge is 2.11. The van der Waals surface area contributed by atoms with Gasteiger partial charge in [-0.2, -0.15) is 0 Å². The number of nitrogens with one attached hydrogen (secondary N) is 1. The molecule has 96 valence electrons. The Hall–Kier alpha value is -1.41. The van der Waals surface area contributed by atoms with E-state index in [1.54, 1.807) is 6.92 Å². The lowest BCUT2D eigenvalue weighted by Gasteiger charge is -2.06. The van der Waals surface area contributed by atoms with Gasteiger partial charge in [0.05, 0.1) is 31.9 Å². The molecule has 1 N–H and O–H groups in total. The van der Waals surface area contributed by atoms with Gasteiger partial charge in [-0.3, -0.25) is 4.72 Å². The van der Waals surface area contributed by atoms with E-state index >= 15 is 0 Å². The van der Waals surface area contributed by atoms with Crippen molar-refractivity contribution in [2.75, 3.05) is 30.8 Å². The van der Waals surface area contributed by atoms with Crippen LogP contribution in [0.25, 0.3) is 0 Å². The topological polar surface area (TPSA) is 90.4 Å². The summed E-state index contributed by atoms with van der Waals surface area (Å²) in [7, 11) is -1.99. The minimum absolute atomic E-state index is 0.0160. The van der Waals surface area contributed by atoms with Crippen LogP contribution in [0.15, 0.2) is 12.4 Å². The highest BCUT2D eigenvalue weighted by molar-refractivity contribution is 7.92. The first-order valence-electron chi connectivity index (χ1n) is 5.01. The number of methoxy groups -OCH3 is 1. The van der Waals surface area contributed by atoms with Gasteiger partial charge in [0.25, 0.3) is 0 Å². The predicted octanol–water partition coefficient (Wildman–Crippen LogP) is 0.263. The molecular formula is C9H15N3O4S. The van der Waals surface area contributed by atoms with Crippen molar-refractivity contribution in [2.24, 2.45) is 0 Å². The quantitative estimate of drug-likeness (QED) is 0.708. The summed E-state index contributed by atoms with van der Waals surface area (Å²) >= 11 is 0. The standard InChI is InChI=1S/C9H15N3O4S/c1-3-16-4-5-17(13,14)12-9-10-6-8(15-2)7-11-9/h6-7H,3-5H2,1-2H3,(H,10,11,12). The Morgan fingerprint density at radius 3 is 2.53 bits per heavy atom. The summed E-state index contributed by atoms with van der Waals surface area (Å²) in [6, 6.07) is 0. The Morgan fingerprint density at radius 1 is 1.35 bits per heavy atom. The lowest BCUT2D eigenvalue weighted by molar-refractivity contribution is 0.163. The Morgan fingerprint density at radius 2 is 2.00 bits per heavy atom. The van der Waals surface area contributed by atoms with Gasteiger partial charge in [-0.25, -0.2) is 18.4 Å². The van der Waals surface area contributed by atoms with Crippen LogP contribution in [0.3, 0.4) is 0 Å². The maximum absolute atomic E-state index is 11.5. The Labute approximate surface area is 100 Å². The molecule has 1 aromatic rings. The fourth-order valence-corrected chi connectivity index (χ4v) is 1.80. The third kappa shape index (κ3) is 4.96. The van der Waals surface area contributed by atoms with Gasteiger partial charge in [0.15, 0.2) is 5.75 Å². The van der Waals surface area contributed by atoms with Gasteiger partial charge in [0, 0.05) is 6.61 Å². The van der Waals surface area contributed by atoms with Gasteiger partial charge < -0.3 is 9.47 Å². The van der Waals surface area contributed by atoms with E-state index in [-0.39, 0.29) is 18.3 Å². The Kier molecular flexibility index (Phi) is 5.11. The van der Waals surface area contributed by atoms with Crippen molar-refractivity contribution in [1.82, 2.24) is 9.97 Å². The normalized spacial score (nSPS) is 11.2. The number of ether oxygens (including phenoxy) is 2. The third-order valence-electron chi connectivity index (χ3n) is 1.81. The van der Waals surface area contributed by atoms with Crippen LogP contribution in [-0.2, 0) is 14.8 Å². The number of rotatable bonds is 7. The summed E-state index contributed by atoms with van der Waals surface area (Å²) in [5, 5.41) is 0. The van der Waals surface area contributed by atoms with Crippen molar-refractivity contribution in [3.63, 3.8) is 0 Å². The van der Waals surface area contributed by atoms with E-state index in [4.69, 9.17) is 9.47 Å². The van der Waals surface area contributed by atoms with Crippen LogP contribution in [0.4, 0.5) is 5.95 Å². The van der Waals surface area contributed by atoms with Crippen LogP contribution in [-0.4, -0.2) is 44.5 Å². The van der Waals surface area contributed by atoms with Gasteiger partial charge in [-0.1, -0.05) is 0 Å². The minimum atomic E-state index is -3.47. The van der Waals surface area contributed by atoms with Gasteiger partial charge in [0.2, 0.25) is 16.0 Å². The smallest absolute Gasteiger partial charge is 0.237 e. The predicted molar refractivity (Wildman–Crippen MR) is 62.5 cm³/mol. The van der Waals surface area contributed by atoms with Crippen molar-refractivity contribution in [1.29, 1.82) is 0 Å². The van der Waals surface area contributed by atoms with Gasteiger partial charge >= 0.3 is 0 Å². The van der Waals surface area contributed by atoms with Crippen LogP contribution in [0.1, 0.15) is 6.92 Å². The highest BCUT2D eigenvalue weighted by Crippen LogP contribution is 2.08. The van der Waals surface area contributed by atoms with Crippen molar-refractivity contribution in [2.45, 2.75) is 6.92 Å². The largest absolute Gasteiger partial charge is 0.494 e. The van der Waals surface area contributed by atoms with Gasteiger partial charge in [-0.15, -0.1) is 0 Å². The number of hydrogen-bond acceptors (Lipinski definition) is 6. The average Bonchev–Trinajstić information content (AvgIpc) is 2.30. The second-order valence-electron chi connectivity index (χ2n) is 3.06. The molecule has 1 aromatic heterocycles. The van der Waals surface area contributed by atoms with Crippen molar-refractivity contribution < 1.29 is 17.9 Å². The molecule has 0 radical (unpaired) electrons. The molecule has 8 heteroatoms. The molecule has 7 nitrogen and oxygen atoms in total. The molecule has 0 saturated heterocycles. The van der Waals surface area contributed by atoms with E-state index in [2.05, 4.69) is 14.7 Å². The lowest BCUT2D eigenvalue weighted by Crippen LogP contribution is -2.21. The molecule has 0 unspecified atom stereocenters. The molecule has 0 aromatic carbocycles. The second-order valence-corrected chi connectivity index (χ2v) is 4.91. The van der Waals surface area contributed by atoms with Crippen LogP contribution in [0, 0.1) is 0 Å². The zero-order chi connectivity index (χ0) is 12.7. The molecular weight excluding hydrogens is 246 g/mol. The lowest BCUT2D eigenvalue weighted by atomic mass is 10.6. The van der Waals surface area contributed by atoms with Crippen molar-refractivity contribution >= 4 is 16.0 Å². The molecule has 0 saturated carbocycles. The van der Waals surface area contributed by atoms with Crippen LogP contribution in [0.2, 0.25) is 0 Å². The Bertz CT molecular complexity index is 432.